The monoisotopic (exact) mass is 263 g/mol. The van der Waals surface area contributed by atoms with E-state index in [1.165, 1.54) is 35.6 Å². The van der Waals surface area contributed by atoms with Gasteiger partial charge in [-0.25, -0.2) is 0 Å². The molecule has 0 unspecified atom stereocenters. The summed E-state index contributed by atoms with van der Waals surface area (Å²) < 4.78 is 6.37. The molecule has 1 saturated heterocycles. The molecule has 3 rings (SSSR count). The molecule has 0 aromatic heterocycles. The van der Waals surface area contributed by atoms with Gasteiger partial charge in [0.25, 0.3) is 0 Å². The second-order valence-corrected chi connectivity index (χ2v) is 6.71. The van der Waals surface area contributed by atoms with E-state index < -0.39 is 0 Å². The Bertz CT molecular complexity index is 427. The van der Waals surface area contributed by atoms with Crippen molar-refractivity contribution in [3.05, 3.63) is 23.8 Å². The molecule has 98 valence electrons. The van der Waals surface area contributed by atoms with Crippen LogP contribution in [0.2, 0.25) is 0 Å². The molecule has 2 aliphatic heterocycles. The highest BCUT2D eigenvalue weighted by Gasteiger charge is 2.30. The lowest BCUT2D eigenvalue weighted by Crippen LogP contribution is -2.36. The highest BCUT2D eigenvalue weighted by atomic mass is 32.2. The summed E-state index contributed by atoms with van der Waals surface area (Å²) in [7, 11) is 0. The van der Waals surface area contributed by atoms with Gasteiger partial charge in [0.15, 0.2) is 0 Å². The molecule has 0 saturated carbocycles. The quantitative estimate of drug-likeness (QED) is 0.879. The predicted molar refractivity (Wildman–Crippen MR) is 78.8 cm³/mol. The van der Waals surface area contributed by atoms with Gasteiger partial charge in [-0.3, -0.25) is 0 Å². The van der Waals surface area contributed by atoms with Crippen LogP contribution in [0.4, 0.5) is 5.69 Å². The molecular weight excluding hydrogens is 242 g/mol. The first-order valence-corrected chi connectivity index (χ1v) is 8.05. The van der Waals surface area contributed by atoms with Gasteiger partial charge in [0.05, 0.1) is 5.69 Å². The number of rotatable bonds is 2. The lowest BCUT2D eigenvalue weighted by Gasteiger charge is -2.35. The van der Waals surface area contributed by atoms with Crippen LogP contribution in [0, 0.1) is 0 Å². The SMILES string of the molecule is CC1(Oc2cccc3c2NCCC3)CCSCC1. The summed E-state index contributed by atoms with van der Waals surface area (Å²) in [4.78, 5) is 0. The molecule has 0 atom stereocenters. The molecule has 1 aromatic carbocycles. The van der Waals surface area contributed by atoms with Gasteiger partial charge in [0, 0.05) is 6.54 Å². The van der Waals surface area contributed by atoms with Crippen molar-refractivity contribution in [3.8, 4) is 5.75 Å². The Morgan fingerprint density at radius 2 is 2.11 bits per heavy atom. The van der Waals surface area contributed by atoms with Gasteiger partial charge in [0.2, 0.25) is 0 Å². The molecule has 2 heterocycles. The molecule has 0 bridgehead atoms. The number of para-hydroxylation sites is 1. The van der Waals surface area contributed by atoms with Gasteiger partial charge >= 0.3 is 0 Å². The first kappa shape index (κ1) is 12.2. The van der Waals surface area contributed by atoms with Crippen molar-refractivity contribution in [3.63, 3.8) is 0 Å². The van der Waals surface area contributed by atoms with Crippen molar-refractivity contribution in [1.82, 2.24) is 0 Å². The van der Waals surface area contributed by atoms with Crippen LogP contribution in [0.3, 0.4) is 0 Å². The normalized spacial score (nSPS) is 21.8. The van der Waals surface area contributed by atoms with Crippen molar-refractivity contribution in [2.24, 2.45) is 0 Å². The van der Waals surface area contributed by atoms with Crippen LogP contribution in [0.5, 0.6) is 5.75 Å². The molecule has 0 aliphatic carbocycles. The number of anilines is 1. The van der Waals surface area contributed by atoms with E-state index in [-0.39, 0.29) is 5.60 Å². The van der Waals surface area contributed by atoms with E-state index >= 15 is 0 Å². The highest BCUT2D eigenvalue weighted by molar-refractivity contribution is 7.99. The van der Waals surface area contributed by atoms with Crippen LogP contribution >= 0.6 is 11.8 Å². The second-order valence-electron chi connectivity index (χ2n) is 5.48. The highest BCUT2D eigenvalue weighted by Crippen LogP contribution is 2.37. The van der Waals surface area contributed by atoms with Crippen molar-refractivity contribution in [2.75, 3.05) is 23.4 Å². The molecule has 1 fully saturated rings. The first-order valence-electron chi connectivity index (χ1n) is 6.89. The fourth-order valence-electron chi connectivity index (χ4n) is 2.73. The number of nitrogens with one attached hydrogen (secondary N) is 1. The van der Waals surface area contributed by atoms with Crippen LogP contribution < -0.4 is 10.1 Å². The van der Waals surface area contributed by atoms with Crippen LogP contribution in [-0.4, -0.2) is 23.7 Å². The molecule has 1 aromatic rings. The van der Waals surface area contributed by atoms with E-state index in [1.807, 2.05) is 11.8 Å². The minimum Gasteiger partial charge on any atom is -0.485 e. The minimum absolute atomic E-state index is 0.0273. The lowest BCUT2D eigenvalue weighted by atomic mass is 9.98. The van der Waals surface area contributed by atoms with Crippen LogP contribution in [0.1, 0.15) is 31.7 Å². The number of ether oxygens (including phenoxy) is 1. The van der Waals surface area contributed by atoms with E-state index in [0.717, 1.165) is 25.1 Å². The Balaban J connectivity index is 1.83. The number of aryl methyl sites for hydroxylation is 1. The second kappa shape index (κ2) is 5.04. The maximum absolute atomic E-state index is 6.37. The summed E-state index contributed by atoms with van der Waals surface area (Å²) in [5.41, 5.74) is 2.68. The van der Waals surface area contributed by atoms with Gasteiger partial charge in [-0.2, -0.15) is 11.8 Å². The Morgan fingerprint density at radius 1 is 1.28 bits per heavy atom. The number of fused-ring (bicyclic) bond motifs is 1. The number of hydrogen-bond donors (Lipinski definition) is 1. The summed E-state index contributed by atoms with van der Waals surface area (Å²) in [5, 5.41) is 3.51. The number of hydrogen-bond acceptors (Lipinski definition) is 3. The van der Waals surface area contributed by atoms with Crippen molar-refractivity contribution in [1.29, 1.82) is 0 Å². The van der Waals surface area contributed by atoms with E-state index in [2.05, 4.69) is 30.4 Å². The van der Waals surface area contributed by atoms with Crippen LogP contribution in [0.15, 0.2) is 18.2 Å². The zero-order chi connectivity index (χ0) is 12.4. The molecule has 0 spiro atoms. The molecule has 18 heavy (non-hydrogen) atoms. The molecule has 2 aliphatic rings. The maximum Gasteiger partial charge on any atom is 0.143 e. The van der Waals surface area contributed by atoms with Crippen molar-refractivity contribution < 1.29 is 4.74 Å². The zero-order valence-electron chi connectivity index (χ0n) is 11.0. The average Bonchev–Trinajstić information content (AvgIpc) is 2.40. The Hall–Kier alpha value is -0.830. The molecule has 1 N–H and O–H groups in total. The van der Waals surface area contributed by atoms with Gasteiger partial charge < -0.3 is 10.1 Å². The standard InChI is InChI=1S/C15H21NOS/c1-15(7-10-18-11-8-15)17-13-6-2-4-12-5-3-9-16-14(12)13/h2,4,6,16H,3,5,7-11H2,1H3. The van der Waals surface area contributed by atoms with Crippen LogP contribution in [-0.2, 0) is 6.42 Å². The molecule has 2 nitrogen and oxygen atoms in total. The summed E-state index contributed by atoms with van der Waals surface area (Å²) in [6, 6.07) is 6.46. The Morgan fingerprint density at radius 3 is 2.94 bits per heavy atom. The average molecular weight is 263 g/mol. The van der Waals surface area contributed by atoms with Crippen LogP contribution in [0.25, 0.3) is 0 Å². The number of benzene rings is 1. The third-order valence-corrected chi connectivity index (χ3v) is 4.93. The largest absolute Gasteiger partial charge is 0.485 e. The number of thioether (sulfide) groups is 1. The molecule has 0 amide bonds. The topological polar surface area (TPSA) is 21.3 Å². The summed E-state index contributed by atoms with van der Waals surface area (Å²) >= 11 is 2.04. The fourth-order valence-corrected chi connectivity index (χ4v) is 4.09. The summed E-state index contributed by atoms with van der Waals surface area (Å²) in [5.74, 6) is 3.50. The third-order valence-electron chi connectivity index (χ3n) is 3.94. The zero-order valence-corrected chi connectivity index (χ0v) is 11.8. The van der Waals surface area contributed by atoms with E-state index in [4.69, 9.17) is 4.74 Å². The van der Waals surface area contributed by atoms with Crippen molar-refractivity contribution >= 4 is 17.4 Å². The van der Waals surface area contributed by atoms with Gasteiger partial charge in [-0.05, 0) is 55.7 Å². The van der Waals surface area contributed by atoms with Gasteiger partial charge in [-0.15, -0.1) is 0 Å². The Labute approximate surface area is 113 Å². The van der Waals surface area contributed by atoms with Gasteiger partial charge in [0.1, 0.15) is 11.4 Å². The fraction of sp³-hybridized carbons (Fsp3) is 0.600. The van der Waals surface area contributed by atoms with E-state index in [9.17, 15) is 0 Å². The smallest absolute Gasteiger partial charge is 0.143 e. The molecule has 0 radical (unpaired) electrons. The van der Waals surface area contributed by atoms with Crippen molar-refractivity contribution in [2.45, 2.75) is 38.2 Å². The molecular formula is C15H21NOS. The summed E-state index contributed by atoms with van der Waals surface area (Å²) in [6.07, 6.45) is 4.71. The van der Waals surface area contributed by atoms with E-state index in [0.29, 0.717) is 0 Å². The Kier molecular flexibility index (Phi) is 3.42. The molecule has 3 heteroatoms. The first-order chi connectivity index (χ1) is 8.77. The van der Waals surface area contributed by atoms with E-state index in [1.54, 1.807) is 0 Å². The predicted octanol–water partition coefficient (Wildman–Crippen LogP) is 3.71. The van der Waals surface area contributed by atoms with Gasteiger partial charge in [-0.1, -0.05) is 12.1 Å². The minimum atomic E-state index is 0.0273. The third kappa shape index (κ3) is 2.46. The maximum atomic E-state index is 6.37. The summed E-state index contributed by atoms with van der Waals surface area (Å²) in [6.45, 7) is 3.33. The lowest BCUT2D eigenvalue weighted by molar-refractivity contribution is 0.0806.